The first-order chi connectivity index (χ1) is 9.19. The van der Waals surface area contributed by atoms with Gasteiger partial charge >= 0.3 is 0 Å². The zero-order valence-corrected chi connectivity index (χ0v) is 12.1. The molecular formula is C12H14Cl2N6. The van der Waals surface area contributed by atoms with Gasteiger partial charge in [0.25, 0.3) is 0 Å². The number of hydrazone groups is 1. The molecule has 1 heterocycles. The molecule has 0 aliphatic carbocycles. The number of nitrogens with two attached hydrogens (primary N) is 1. The second-order valence-electron chi connectivity index (χ2n) is 3.79. The summed E-state index contributed by atoms with van der Waals surface area (Å²) in [4.78, 5) is 4.17. The Morgan fingerprint density at radius 2 is 2.10 bits per heavy atom. The maximum Gasteiger partial charge on any atom is 0.153 e. The summed E-state index contributed by atoms with van der Waals surface area (Å²) in [5.74, 6) is 6.01. The molecule has 1 aromatic heterocycles. The van der Waals surface area contributed by atoms with E-state index in [1.807, 2.05) is 35.0 Å². The van der Waals surface area contributed by atoms with Crippen LogP contribution >= 0.6 is 24.0 Å². The molecule has 3 N–H and O–H groups in total. The average molecular weight is 313 g/mol. The highest BCUT2D eigenvalue weighted by Gasteiger charge is 2.01. The van der Waals surface area contributed by atoms with Crippen molar-refractivity contribution in [2.45, 2.75) is 6.54 Å². The molecule has 106 valence electrons. The van der Waals surface area contributed by atoms with Gasteiger partial charge in [0.05, 0.1) is 6.21 Å². The zero-order chi connectivity index (χ0) is 13.7. The van der Waals surface area contributed by atoms with E-state index in [0.717, 1.165) is 17.0 Å². The van der Waals surface area contributed by atoms with Crippen molar-refractivity contribution in [3.05, 3.63) is 53.1 Å². The molecule has 1 aromatic carbocycles. The fourth-order valence-electron chi connectivity index (χ4n) is 1.52. The van der Waals surface area contributed by atoms with Crippen LogP contribution in [0.1, 0.15) is 11.4 Å². The van der Waals surface area contributed by atoms with Gasteiger partial charge in [0.2, 0.25) is 0 Å². The van der Waals surface area contributed by atoms with Gasteiger partial charge in [-0.3, -0.25) is 5.41 Å². The summed E-state index contributed by atoms with van der Waals surface area (Å²) in [7, 11) is 0. The molecule has 0 radical (unpaired) electrons. The number of rotatable bonds is 5. The largest absolute Gasteiger partial charge is 0.326 e. The Morgan fingerprint density at radius 1 is 1.40 bits per heavy atom. The molecule has 0 saturated carbocycles. The molecule has 20 heavy (non-hydrogen) atoms. The van der Waals surface area contributed by atoms with Crippen molar-refractivity contribution in [3.63, 3.8) is 0 Å². The topological polar surface area (TPSA) is 83.3 Å². The average Bonchev–Trinajstić information content (AvgIpc) is 2.86. The third-order valence-corrected chi connectivity index (χ3v) is 2.70. The molecule has 0 unspecified atom stereocenters. The molecule has 2 aromatic rings. The van der Waals surface area contributed by atoms with Crippen LogP contribution in [0.5, 0.6) is 0 Å². The summed E-state index contributed by atoms with van der Waals surface area (Å²) >= 11 is 5.84. The number of benzene rings is 1. The predicted octanol–water partition coefficient (Wildman–Crippen LogP) is 2.12. The number of aromatic nitrogens is 2. The molecule has 0 fully saturated rings. The maximum atomic E-state index is 6.91. The summed E-state index contributed by atoms with van der Waals surface area (Å²) < 4.78 is 1.92. The third kappa shape index (κ3) is 4.34. The van der Waals surface area contributed by atoms with Gasteiger partial charge in [0.15, 0.2) is 5.82 Å². The van der Waals surface area contributed by atoms with Crippen molar-refractivity contribution in [1.82, 2.24) is 14.7 Å². The van der Waals surface area contributed by atoms with Crippen LogP contribution in [0.15, 0.2) is 41.8 Å². The van der Waals surface area contributed by atoms with Crippen LogP contribution < -0.4 is 5.84 Å². The fraction of sp³-hybridized carbons (Fsp3) is 0.0833. The molecule has 0 spiro atoms. The monoisotopic (exact) mass is 312 g/mol. The second kappa shape index (κ2) is 7.64. The minimum absolute atomic E-state index is 0. The molecule has 6 nitrogen and oxygen atoms in total. The van der Waals surface area contributed by atoms with Crippen molar-refractivity contribution in [1.29, 1.82) is 5.41 Å². The van der Waals surface area contributed by atoms with E-state index in [1.54, 1.807) is 6.20 Å². The van der Waals surface area contributed by atoms with Crippen molar-refractivity contribution in [2.24, 2.45) is 10.9 Å². The SMILES string of the molecule is Cl.N=CN(N)N=Cc1nccn1Cc1ccc(Cl)cc1. The van der Waals surface area contributed by atoms with Gasteiger partial charge in [-0.15, -0.1) is 12.4 Å². The normalized spacial score (nSPS) is 10.3. The van der Waals surface area contributed by atoms with Gasteiger partial charge in [-0.2, -0.15) is 10.2 Å². The Bertz CT molecular complexity index is 578. The van der Waals surface area contributed by atoms with Gasteiger partial charge < -0.3 is 4.57 Å². The van der Waals surface area contributed by atoms with Gasteiger partial charge in [0.1, 0.15) is 6.34 Å². The lowest BCUT2D eigenvalue weighted by molar-refractivity contribution is 0.485. The fourth-order valence-corrected chi connectivity index (χ4v) is 1.65. The Morgan fingerprint density at radius 3 is 2.75 bits per heavy atom. The number of halogens is 2. The first kappa shape index (κ1) is 16.2. The lowest BCUT2D eigenvalue weighted by atomic mass is 10.2. The van der Waals surface area contributed by atoms with Crippen LogP contribution in [-0.2, 0) is 6.54 Å². The smallest absolute Gasteiger partial charge is 0.153 e. The van der Waals surface area contributed by atoms with Crippen molar-refractivity contribution < 1.29 is 0 Å². The van der Waals surface area contributed by atoms with Crippen LogP contribution in [0, 0.1) is 5.41 Å². The van der Waals surface area contributed by atoms with E-state index < -0.39 is 0 Å². The van der Waals surface area contributed by atoms with Crippen LogP contribution in [0.4, 0.5) is 0 Å². The molecule has 2 rings (SSSR count). The second-order valence-corrected chi connectivity index (χ2v) is 4.23. The molecule has 0 aliphatic rings. The minimum atomic E-state index is 0. The van der Waals surface area contributed by atoms with E-state index in [0.29, 0.717) is 17.4 Å². The van der Waals surface area contributed by atoms with E-state index in [4.69, 9.17) is 22.9 Å². The number of nitrogens with one attached hydrogen (secondary N) is 1. The standard InChI is InChI=1S/C12H13ClN6.ClH/c13-11-3-1-10(2-4-11)8-18-6-5-16-12(18)7-17-19(15)9-14;/h1-7,9,14H,8,15H2;1H. The summed E-state index contributed by atoms with van der Waals surface area (Å²) in [6.45, 7) is 0.660. The van der Waals surface area contributed by atoms with E-state index in [2.05, 4.69) is 10.1 Å². The van der Waals surface area contributed by atoms with Gasteiger partial charge in [-0.1, -0.05) is 23.7 Å². The zero-order valence-electron chi connectivity index (χ0n) is 10.5. The number of hydrazine groups is 1. The first-order valence-corrected chi connectivity index (χ1v) is 5.91. The third-order valence-electron chi connectivity index (χ3n) is 2.45. The highest BCUT2D eigenvalue weighted by molar-refractivity contribution is 6.30. The molecule has 8 heteroatoms. The number of hydrogen-bond acceptors (Lipinski definition) is 4. The van der Waals surface area contributed by atoms with E-state index in [9.17, 15) is 0 Å². The van der Waals surface area contributed by atoms with Crippen LogP contribution in [-0.4, -0.2) is 27.2 Å². The predicted molar refractivity (Wildman–Crippen MR) is 82.4 cm³/mol. The molecule has 0 atom stereocenters. The molecule has 0 amide bonds. The van der Waals surface area contributed by atoms with Gasteiger partial charge in [-0.05, 0) is 17.7 Å². The Labute approximate surface area is 127 Å². The molecule has 0 bridgehead atoms. The Balaban J connectivity index is 0.00000200. The van der Waals surface area contributed by atoms with E-state index in [-0.39, 0.29) is 12.4 Å². The number of imidazole rings is 1. The molecular weight excluding hydrogens is 299 g/mol. The van der Waals surface area contributed by atoms with Crippen molar-refractivity contribution in [3.8, 4) is 0 Å². The van der Waals surface area contributed by atoms with Crippen molar-refractivity contribution >= 4 is 36.6 Å². The first-order valence-electron chi connectivity index (χ1n) is 5.53. The quantitative estimate of drug-likeness (QED) is 0.384. The Kier molecular flexibility index (Phi) is 6.17. The summed E-state index contributed by atoms with van der Waals surface area (Å²) in [6, 6.07) is 7.60. The van der Waals surface area contributed by atoms with E-state index >= 15 is 0 Å². The summed E-state index contributed by atoms with van der Waals surface area (Å²) in [5, 5.41) is 12.4. The molecule has 0 aliphatic heterocycles. The Hall–Kier alpha value is -1.89. The number of nitrogens with zero attached hydrogens (tertiary/aromatic N) is 4. The van der Waals surface area contributed by atoms with Gasteiger partial charge in [-0.25, -0.2) is 10.8 Å². The van der Waals surface area contributed by atoms with E-state index in [1.165, 1.54) is 6.21 Å². The highest BCUT2D eigenvalue weighted by atomic mass is 35.5. The maximum absolute atomic E-state index is 6.91. The molecule has 0 saturated heterocycles. The lowest BCUT2D eigenvalue weighted by Crippen LogP contribution is -2.23. The van der Waals surface area contributed by atoms with Crippen molar-refractivity contribution in [2.75, 3.05) is 0 Å². The minimum Gasteiger partial charge on any atom is -0.326 e. The van der Waals surface area contributed by atoms with Crippen LogP contribution in [0.3, 0.4) is 0 Å². The lowest BCUT2D eigenvalue weighted by Gasteiger charge is -2.06. The number of hydrogen-bond donors (Lipinski definition) is 2. The highest BCUT2D eigenvalue weighted by Crippen LogP contribution is 2.11. The van der Waals surface area contributed by atoms with Crippen LogP contribution in [0.2, 0.25) is 5.02 Å². The van der Waals surface area contributed by atoms with Gasteiger partial charge in [0, 0.05) is 24.0 Å². The van der Waals surface area contributed by atoms with Crippen LogP contribution in [0.25, 0.3) is 0 Å². The summed E-state index contributed by atoms with van der Waals surface area (Å²) in [6.07, 6.45) is 5.94. The summed E-state index contributed by atoms with van der Waals surface area (Å²) in [5.41, 5.74) is 1.11.